The SMILES string of the molecule is CC1CCC(O)C(=O)C(O)C1. The van der Waals surface area contributed by atoms with E-state index in [9.17, 15) is 9.90 Å². The molecule has 3 heteroatoms. The molecule has 0 saturated heterocycles. The quantitative estimate of drug-likeness (QED) is 0.491. The molecule has 0 spiro atoms. The first-order chi connectivity index (χ1) is 5.11. The average molecular weight is 158 g/mol. The Balaban J connectivity index is 2.61. The van der Waals surface area contributed by atoms with Gasteiger partial charge < -0.3 is 10.2 Å². The molecule has 1 aliphatic rings. The van der Waals surface area contributed by atoms with Crippen molar-refractivity contribution in [2.24, 2.45) is 5.92 Å². The number of aliphatic hydroxyl groups is 2. The molecule has 0 aromatic heterocycles. The topological polar surface area (TPSA) is 57.5 Å². The molecular weight excluding hydrogens is 144 g/mol. The number of hydrogen-bond donors (Lipinski definition) is 2. The lowest BCUT2D eigenvalue weighted by Gasteiger charge is -2.09. The first kappa shape index (κ1) is 8.68. The molecule has 0 bridgehead atoms. The van der Waals surface area contributed by atoms with Gasteiger partial charge in [-0.25, -0.2) is 0 Å². The van der Waals surface area contributed by atoms with E-state index in [1.807, 2.05) is 6.92 Å². The van der Waals surface area contributed by atoms with Gasteiger partial charge in [-0.3, -0.25) is 4.79 Å². The van der Waals surface area contributed by atoms with Crippen molar-refractivity contribution in [2.45, 2.75) is 38.4 Å². The number of Topliss-reactive ketones (excluding diaryl/α,β-unsaturated/α-hetero) is 1. The second-order valence-corrected chi connectivity index (χ2v) is 3.35. The molecule has 64 valence electrons. The van der Waals surface area contributed by atoms with E-state index in [0.29, 0.717) is 18.8 Å². The highest BCUT2D eigenvalue weighted by Crippen LogP contribution is 2.20. The lowest BCUT2D eigenvalue weighted by Crippen LogP contribution is -2.30. The summed E-state index contributed by atoms with van der Waals surface area (Å²) in [6.07, 6.45) is -0.0610. The summed E-state index contributed by atoms with van der Waals surface area (Å²) >= 11 is 0. The van der Waals surface area contributed by atoms with Crippen LogP contribution >= 0.6 is 0 Å². The molecule has 1 saturated carbocycles. The minimum absolute atomic E-state index is 0.339. The second-order valence-electron chi connectivity index (χ2n) is 3.35. The van der Waals surface area contributed by atoms with Crippen LogP contribution in [0.3, 0.4) is 0 Å². The number of carbonyl (C=O) groups is 1. The Bertz CT molecular complexity index is 155. The summed E-state index contributed by atoms with van der Waals surface area (Å²) in [6.45, 7) is 1.98. The van der Waals surface area contributed by atoms with Crippen LogP contribution in [0.5, 0.6) is 0 Å². The smallest absolute Gasteiger partial charge is 0.189 e. The van der Waals surface area contributed by atoms with Crippen LogP contribution < -0.4 is 0 Å². The lowest BCUT2D eigenvalue weighted by molar-refractivity contribution is -0.135. The normalized spacial score (nSPS) is 40.3. The summed E-state index contributed by atoms with van der Waals surface area (Å²) in [4.78, 5) is 11.0. The minimum Gasteiger partial charge on any atom is -0.385 e. The van der Waals surface area contributed by atoms with E-state index in [2.05, 4.69) is 0 Å². The first-order valence-electron chi connectivity index (χ1n) is 4.01. The Morgan fingerprint density at radius 1 is 1.27 bits per heavy atom. The molecule has 2 N–H and O–H groups in total. The third-order valence-electron chi connectivity index (χ3n) is 2.22. The van der Waals surface area contributed by atoms with E-state index >= 15 is 0 Å². The van der Waals surface area contributed by atoms with Crippen molar-refractivity contribution in [1.29, 1.82) is 0 Å². The van der Waals surface area contributed by atoms with Crippen LogP contribution in [0, 0.1) is 5.92 Å². The van der Waals surface area contributed by atoms with E-state index in [0.717, 1.165) is 6.42 Å². The van der Waals surface area contributed by atoms with E-state index < -0.39 is 18.0 Å². The Kier molecular flexibility index (Phi) is 2.62. The van der Waals surface area contributed by atoms with Gasteiger partial charge in [-0.1, -0.05) is 6.92 Å². The van der Waals surface area contributed by atoms with Crippen LogP contribution in [0.1, 0.15) is 26.2 Å². The Hall–Kier alpha value is -0.410. The zero-order valence-corrected chi connectivity index (χ0v) is 6.66. The van der Waals surface area contributed by atoms with Crippen LogP contribution in [0.2, 0.25) is 0 Å². The van der Waals surface area contributed by atoms with Crippen molar-refractivity contribution in [3.05, 3.63) is 0 Å². The van der Waals surface area contributed by atoms with E-state index in [1.54, 1.807) is 0 Å². The first-order valence-corrected chi connectivity index (χ1v) is 4.01. The summed E-state index contributed by atoms with van der Waals surface area (Å²) in [6, 6.07) is 0. The van der Waals surface area contributed by atoms with Gasteiger partial charge in [0.1, 0.15) is 12.2 Å². The van der Waals surface area contributed by atoms with E-state index in [1.165, 1.54) is 0 Å². The molecule has 1 fully saturated rings. The van der Waals surface area contributed by atoms with Crippen LogP contribution in [0.4, 0.5) is 0 Å². The van der Waals surface area contributed by atoms with Crippen molar-refractivity contribution >= 4 is 5.78 Å². The molecule has 11 heavy (non-hydrogen) atoms. The molecule has 0 radical (unpaired) electrons. The van der Waals surface area contributed by atoms with Crippen molar-refractivity contribution in [2.75, 3.05) is 0 Å². The zero-order chi connectivity index (χ0) is 8.43. The molecule has 1 rings (SSSR count). The van der Waals surface area contributed by atoms with Gasteiger partial charge in [-0.05, 0) is 25.2 Å². The molecule has 3 nitrogen and oxygen atoms in total. The number of rotatable bonds is 0. The molecular formula is C8H14O3. The van der Waals surface area contributed by atoms with Gasteiger partial charge in [0.15, 0.2) is 5.78 Å². The zero-order valence-electron chi connectivity index (χ0n) is 6.66. The summed E-state index contributed by atoms with van der Waals surface area (Å²) < 4.78 is 0. The fourth-order valence-corrected chi connectivity index (χ4v) is 1.42. The number of hydrogen-bond acceptors (Lipinski definition) is 3. The lowest BCUT2D eigenvalue weighted by atomic mass is 10.0. The molecule has 1 aliphatic carbocycles. The molecule has 0 aromatic carbocycles. The molecule has 0 heterocycles. The fraction of sp³-hybridized carbons (Fsp3) is 0.875. The van der Waals surface area contributed by atoms with Gasteiger partial charge in [0, 0.05) is 0 Å². The predicted octanol–water partition coefficient (Wildman–Crippen LogP) is 0.0973. The molecule has 0 amide bonds. The van der Waals surface area contributed by atoms with E-state index in [-0.39, 0.29) is 0 Å². The molecule has 3 unspecified atom stereocenters. The highest BCUT2D eigenvalue weighted by molar-refractivity contribution is 5.87. The minimum atomic E-state index is -0.942. The predicted molar refractivity (Wildman–Crippen MR) is 40.0 cm³/mol. The summed E-state index contributed by atoms with van der Waals surface area (Å²) in [7, 11) is 0. The molecule has 0 aromatic rings. The standard InChI is InChI=1S/C8H14O3/c1-5-2-3-6(9)8(11)7(10)4-5/h5-7,9-10H,2-4H2,1H3. The van der Waals surface area contributed by atoms with Crippen molar-refractivity contribution < 1.29 is 15.0 Å². The average Bonchev–Trinajstić information content (AvgIpc) is 2.05. The Morgan fingerprint density at radius 3 is 2.55 bits per heavy atom. The van der Waals surface area contributed by atoms with Crippen molar-refractivity contribution in [3.63, 3.8) is 0 Å². The maximum Gasteiger partial charge on any atom is 0.189 e. The van der Waals surface area contributed by atoms with E-state index in [4.69, 9.17) is 5.11 Å². The molecule has 0 aliphatic heterocycles. The second kappa shape index (κ2) is 3.32. The fourth-order valence-electron chi connectivity index (χ4n) is 1.42. The highest BCUT2D eigenvalue weighted by atomic mass is 16.3. The largest absolute Gasteiger partial charge is 0.385 e. The van der Waals surface area contributed by atoms with Crippen LogP contribution in [0.25, 0.3) is 0 Å². The summed E-state index contributed by atoms with van der Waals surface area (Å²) in [5.41, 5.74) is 0. The summed E-state index contributed by atoms with van der Waals surface area (Å²) in [5, 5.41) is 18.3. The number of carbonyl (C=O) groups excluding carboxylic acids is 1. The summed E-state index contributed by atoms with van der Waals surface area (Å²) in [5.74, 6) is -0.0690. The van der Waals surface area contributed by atoms with Crippen LogP contribution in [-0.4, -0.2) is 28.2 Å². The van der Waals surface area contributed by atoms with Crippen molar-refractivity contribution in [3.8, 4) is 0 Å². The maximum absolute atomic E-state index is 11.0. The third-order valence-corrected chi connectivity index (χ3v) is 2.22. The van der Waals surface area contributed by atoms with Crippen molar-refractivity contribution in [1.82, 2.24) is 0 Å². The molecule has 3 atom stereocenters. The number of aliphatic hydroxyl groups excluding tert-OH is 2. The van der Waals surface area contributed by atoms with Crippen LogP contribution in [-0.2, 0) is 4.79 Å². The van der Waals surface area contributed by atoms with Crippen LogP contribution in [0.15, 0.2) is 0 Å². The highest BCUT2D eigenvalue weighted by Gasteiger charge is 2.28. The van der Waals surface area contributed by atoms with Gasteiger partial charge in [-0.2, -0.15) is 0 Å². The van der Waals surface area contributed by atoms with Gasteiger partial charge in [0.05, 0.1) is 0 Å². The van der Waals surface area contributed by atoms with Gasteiger partial charge in [0.25, 0.3) is 0 Å². The van der Waals surface area contributed by atoms with Gasteiger partial charge in [-0.15, -0.1) is 0 Å². The Morgan fingerprint density at radius 2 is 1.91 bits per heavy atom. The monoisotopic (exact) mass is 158 g/mol. The maximum atomic E-state index is 11.0. The third kappa shape index (κ3) is 2.01. The van der Waals surface area contributed by atoms with Gasteiger partial charge >= 0.3 is 0 Å². The number of ketones is 1. The Labute approximate surface area is 66.0 Å². The van der Waals surface area contributed by atoms with Gasteiger partial charge in [0.2, 0.25) is 0 Å².